The molecule has 1 saturated carbocycles. The highest BCUT2D eigenvalue weighted by Crippen LogP contribution is 2.31. The lowest BCUT2D eigenvalue weighted by Crippen LogP contribution is -2.47. The van der Waals surface area contributed by atoms with Gasteiger partial charge in [0.2, 0.25) is 5.91 Å². The van der Waals surface area contributed by atoms with E-state index in [1.165, 1.54) is 6.42 Å². The summed E-state index contributed by atoms with van der Waals surface area (Å²) in [6, 6.07) is 0.230. The number of carbonyl (C=O) groups excluding carboxylic acids is 1. The Hall–Kier alpha value is -0.610. The van der Waals surface area contributed by atoms with Crippen molar-refractivity contribution < 1.29 is 9.90 Å². The highest BCUT2D eigenvalue weighted by molar-refractivity contribution is 5.76. The van der Waals surface area contributed by atoms with Gasteiger partial charge in [0.05, 0.1) is 5.60 Å². The Balaban J connectivity index is 1.80. The van der Waals surface area contributed by atoms with Gasteiger partial charge in [-0.25, -0.2) is 0 Å². The smallest absolute Gasteiger partial charge is 0.221 e. The summed E-state index contributed by atoms with van der Waals surface area (Å²) in [7, 11) is 0. The second-order valence-corrected chi connectivity index (χ2v) is 6.20. The van der Waals surface area contributed by atoms with Crippen molar-refractivity contribution in [2.45, 2.75) is 63.5 Å². The van der Waals surface area contributed by atoms with E-state index in [0.29, 0.717) is 18.9 Å². The lowest BCUT2D eigenvalue weighted by molar-refractivity contribution is -0.121. The minimum Gasteiger partial charge on any atom is -0.389 e. The molecule has 4 nitrogen and oxygen atoms in total. The molecule has 0 aromatic carbocycles. The van der Waals surface area contributed by atoms with Gasteiger partial charge in [-0.2, -0.15) is 0 Å². The molecule has 0 spiro atoms. The van der Waals surface area contributed by atoms with Crippen LogP contribution in [0.3, 0.4) is 0 Å². The van der Waals surface area contributed by atoms with Crippen molar-refractivity contribution in [3.05, 3.63) is 0 Å². The quantitative estimate of drug-likeness (QED) is 0.709. The van der Waals surface area contributed by atoms with Crippen molar-refractivity contribution in [3.8, 4) is 0 Å². The Labute approximate surface area is 110 Å². The lowest BCUT2D eigenvalue weighted by atomic mass is 9.79. The topological polar surface area (TPSA) is 61.4 Å². The minimum absolute atomic E-state index is 0.133. The van der Waals surface area contributed by atoms with Gasteiger partial charge in [0, 0.05) is 25.6 Å². The number of aliphatic hydroxyl groups is 1. The summed E-state index contributed by atoms with van der Waals surface area (Å²) in [5.41, 5.74) is -0.555. The molecule has 0 aromatic rings. The van der Waals surface area contributed by atoms with E-state index in [-0.39, 0.29) is 11.9 Å². The fourth-order valence-electron chi connectivity index (χ4n) is 3.28. The lowest BCUT2D eigenvalue weighted by Gasteiger charge is -2.36. The largest absolute Gasteiger partial charge is 0.389 e. The van der Waals surface area contributed by atoms with E-state index in [0.717, 1.165) is 38.6 Å². The van der Waals surface area contributed by atoms with E-state index < -0.39 is 5.60 Å². The second-order valence-electron chi connectivity index (χ2n) is 6.20. The minimum atomic E-state index is -0.555. The third-order valence-electron chi connectivity index (χ3n) is 4.27. The van der Waals surface area contributed by atoms with Gasteiger partial charge >= 0.3 is 0 Å². The van der Waals surface area contributed by atoms with E-state index in [1.807, 2.05) is 0 Å². The van der Waals surface area contributed by atoms with Gasteiger partial charge < -0.3 is 15.7 Å². The van der Waals surface area contributed by atoms with Crippen LogP contribution in [0.1, 0.15) is 51.9 Å². The Morgan fingerprint density at radius 3 is 3.06 bits per heavy atom. The Morgan fingerprint density at radius 1 is 1.44 bits per heavy atom. The molecule has 2 rings (SSSR count). The number of hydrogen-bond acceptors (Lipinski definition) is 3. The summed E-state index contributed by atoms with van der Waals surface area (Å²) in [5.74, 6) is 0.747. The molecule has 2 fully saturated rings. The molecule has 0 bridgehead atoms. The molecule has 18 heavy (non-hydrogen) atoms. The third kappa shape index (κ3) is 3.95. The molecule has 1 amide bonds. The van der Waals surface area contributed by atoms with E-state index in [9.17, 15) is 9.90 Å². The molecular weight excluding hydrogens is 228 g/mol. The van der Waals surface area contributed by atoms with Gasteiger partial charge in [0.25, 0.3) is 0 Å². The fraction of sp³-hybridized carbons (Fsp3) is 0.929. The van der Waals surface area contributed by atoms with Crippen LogP contribution >= 0.6 is 0 Å². The predicted octanol–water partition coefficient (Wildman–Crippen LogP) is 1.19. The van der Waals surface area contributed by atoms with Crippen LogP contribution in [0, 0.1) is 5.92 Å². The summed E-state index contributed by atoms with van der Waals surface area (Å²) >= 11 is 0. The van der Waals surface area contributed by atoms with Crippen LogP contribution in [-0.4, -0.2) is 35.7 Å². The van der Waals surface area contributed by atoms with Crippen LogP contribution in [0.15, 0.2) is 0 Å². The molecule has 4 heteroatoms. The first kappa shape index (κ1) is 13.8. The van der Waals surface area contributed by atoms with Crippen LogP contribution in [-0.2, 0) is 4.79 Å². The van der Waals surface area contributed by atoms with Gasteiger partial charge in [-0.05, 0) is 31.6 Å². The van der Waals surface area contributed by atoms with Gasteiger partial charge in [-0.15, -0.1) is 0 Å². The van der Waals surface area contributed by atoms with Crippen molar-refractivity contribution in [2.75, 3.05) is 13.1 Å². The van der Waals surface area contributed by atoms with Crippen molar-refractivity contribution in [1.29, 1.82) is 0 Å². The average Bonchev–Trinajstić information content (AvgIpc) is 2.51. The number of amides is 1. The molecule has 0 radical (unpaired) electrons. The van der Waals surface area contributed by atoms with Crippen molar-refractivity contribution in [1.82, 2.24) is 10.6 Å². The van der Waals surface area contributed by atoms with Crippen molar-refractivity contribution >= 4 is 5.91 Å². The molecule has 1 aliphatic heterocycles. The van der Waals surface area contributed by atoms with Gasteiger partial charge in [-0.3, -0.25) is 4.79 Å². The molecule has 3 N–H and O–H groups in total. The summed E-state index contributed by atoms with van der Waals surface area (Å²) in [4.78, 5) is 11.5. The maximum Gasteiger partial charge on any atom is 0.221 e. The molecule has 2 aliphatic rings. The number of nitrogens with one attached hydrogen (secondary N) is 2. The number of hydrogen-bond donors (Lipinski definition) is 3. The first-order valence-electron chi connectivity index (χ1n) is 7.30. The molecule has 3 unspecified atom stereocenters. The number of carbonyl (C=O) groups is 1. The van der Waals surface area contributed by atoms with E-state index in [4.69, 9.17) is 0 Å². The fourth-order valence-corrected chi connectivity index (χ4v) is 3.28. The highest BCUT2D eigenvalue weighted by atomic mass is 16.3. The van der Waals surface area contributed by atoms with Crippen molar-refractivity contribution in [2.24, 2.45) is 5.92 Å². The van der Waals surface area contributed by atoms with Crippen molar-refractivity contribution in [3.63, 3.8) is 0 Å². The van der Waals surface area contributed by atoms with Crippen LogP contribution < -0.4 is 10.6 Å². The zero-order chi connectivity index (χ0) is 13.0. The molecular formula is C14H26N2O2. The van der Waals surface area contributed by atoms with E-state index in [2.05, 4.69) is 17.6 Å². The zero-order valence-corrected chi connectivity index (χ0v) is 11.4. The molecule has 1 saturated heterocycles. The SMILES string of the molecule is CC1CCCC(O)(CNC2CCCNC(=O)C2)C1. The molecule has 1 aliphatic carbocycles. The van der Waals surface area contributed by atoms with Crippen LogP contribution in [0.2, 0.25) is 0 Å². The molecule has 0 aromatic heterocycles. The van der Waals surface area contributed by atoms with Gasteiger partial charge in [0.15, 0.2) is 0 Å². The van der Waals surface area contributed by atoms with E-state index in [1.54, 1.807) is 0 Å². The summed E-state index contributed by atoms with van der Waals surface area (Å²) in [6.45, 7) is 3.64. The Morgan fingerprint density at radius 2 is 2.28 bits per heavy atom. The normalized spacial score (nSPS) is 38.0. The van der Waals surface area contributed by atoms with Crippen LogP contribution in [0.25, 0.3) is 0 Å². The zero-order valence-electron chi connectivity index (χ0n) is 11.4. The Bertz CT molecular complexity index is 296. The molecule has 1 heterocycles. The van der Waals surface area contributed by atoms with Gasteiger partial charge in [-0.1, -0.05) is 19.8 Å². The summed E-state index contributed by atoms with van der Waals surface area (Å²) in [6.07, 6.45) is 6.72. The molecule has 3 atom stereocenters. The summed E-state index contributed by atoms with van der Waals surface area (Å²) in [5, 5.41) is 16.8. The summed E-state index contributed by atoms with van der Waals surface area (Å²) < 4.78 is 0. The highest BCUT2D eigenvalue weighted by Gasteiger charge is 2.33. The van der Waals surface area contributed by atoms with Crippen LogP contribution in [0.5, 0.6) is 0 Å². The monoisotopic (exact) mass is 254 g/mol. The standard InChI is InChI=1S/C14H26N2O2/c1-11-4-2-6-14(18,9-11)10-16-12-5-3-7-15-13(17)8-12/h11-12,16,18H,2-10H2,1H3,(H,15,17). The van der Waals surface area contributed by atoms with E-state index >= 15 is 0 Å². The number of rotatable bonds is 3. The third-order valence-corrected chi connectivity index (χ3v) is 4.27. The molecule has 104 valence electrons. The maximum atomic E-state index is 11.5. The first-order valence-corrected chi connectivity index (χ1v) is 7.30. The maximum absolute atomic E-state index is 11.5. The van der Waals surface area contributed by atoms with Crippen LogP contribution in [0.4, 0.5) is 0 Å². The first-order chi connectivity index (χ1) is 8.57. The predicted molar refractivity (Wildman–Crippen MR) is 71.2 cm³/mol. The second kappa shape index (κ2) is 6.02. The van der Waals surface area contributed by atoms with Gasteiger partial charge in [0.1, 0.15) is 0 Å². The average molecular weight is 254 g/mol. The Kier molecular flexibility index (Phi) is 4.62.